The molecule has 1 unspecified atom stereocenters. The Balaban J connectivity index is 1.25. The van der Waals surface area contributed by atoms with Crippen LogP contribution in [0.15, 0.2) is 36.4 Å². The van der Waals surface area contributed by atoms with E-state index >= 15 is 0 Å². The van der Waals surface area contributed by atoms with Crippen LogP contribution in [0.2, 0.25) is 0 Å². The van der Waals surface area contributed by atoms with Crippen molar-refractivity contribution in [1.29, 1.82) is 0 Å². The molecule has 3 aliphatic heterocycles. The maximum absolute atomic E-state index is 14.9. The number of amides is 3. The van der Waals surface area contributed by atoms with Crippen LogP contribution in [-0.2, 0) is 34.0 Å². The van der Waals surface area contributed by atoms with E-state index in [1.54, 1.807) is 24.3 Å². The highest BCUT2D eigenvalue weighted by Crippen LogP contribution is 2.32. The largest absolute Gasteiger partial charge is 0.381 e. The molecule has 0 aromatic heterocycles. The van der Waals surface area contributed by atoms with Crippen LogP contribution < -0.4 is 10.6 Å². The monoisotopic (exact) mass is 480 g/mol. The van der Waals surface area contributed by atoms with Crippen molar-refractivity contribution in [3.05, 3.63) is 64.5 Å². The number of anilines is 1. The molecule has 3 heterocycles. The smallest absolute Gasteiger partial charge is 0.255 e. The van der Waals surface area contributed by atoms with Gasteiger partial charge in [0.05, 0.1) is 6.61 Å². The van der Waals surface area contributed by atoms with Gasteiger partial charge in [-0.15, -0.1) is 0 Å². The van der Waals surface area contributed by atoms with E-state index in [9.17, 15) is 18.8 Å². The van der Waals surface area contributed by atoms with Crippen LogP contribution in [0, 0.1) is 5.82 Å². The molecule has 8 nitrogen and oxygen atoms in total. The third-order valence-corrected chi connectivity index (χ3v) is 6.89. The summed E-state index contributed by atoms with van der Waals surface area (Å²) in [6.07, 6.45) is 1.51. The molecule has 3 amide bonds. The Morgan fingerprint density at radius 2 is 2.00 bits per heavy atom. The second-order valence-electron chi connectivity index (χ2n) is 9.25. The third-order valence-electron chi connectivity index (χ3n) is 6.89. The van der Waals surface area contributed by atoms with E-state index in [1.165, 1.54) is 4.90 Å². The molecule has 9 heteroatoms. The summed E-state index contributed by atoms with van der Waals surface area (Å²) < 4.78 is 20.4. The third kappa shape index (κ3) is 5.06. The molecule has 2 N–H and O–H groups in total. The van der Waals surface area contributed by atoms with Gasteiger partial charge in [0.15, 0.2) is 0 Å². The molecular formula is C26H29FN4O4. The predicted molar refractivity (Wildman–Crippen MR) is 127 cm³/mol. The summed E-state index contributed by atoms with van der Waals surface area (Å²) in [5.74, 6) is -1.25. The fourth-order valence-electron chi connectivity index (χ4n) is 4.99. The number of rotatable bonds is 6. The molecule has 0 spiro atoms. The lowest BCUT2D eigenvalue weighted by atomic mass is 10.0. The summed E-state index contributed by atoms with van der Waals surface area (Å²) in [6.45, 7) is 4.50. The fourth-order valence-corrected chi connectivity index (χ4v) is 4.99. The lowest BCUT2D eigenvalue weighted by molar-refractivity contribution is -0.136. The molecule has 0 saturated carbocycles. The number of carbonyl (C=O) groups excluding carboxylic acids is 3. The Kier molecular flexibility index (Phi) is 6.79. The van der Waals surface area contributed by atoms with Crippen LogP contribution in [0.25, 0.3) is 0 Å². The second kappa shape index (κ2) is 10.1. The lowest BCUT2D eigenvalue weighted by Crippen LogP contribution is -2.52. The van der Waals surface area contributed by atoms with Gasteiger partial charge < -0.3 is 15.0 Å². The molecule has 5 rings (SSSR count). The number of hydrogen-bond acceptors (Lipinski definition) is 6. The van der Waals surface area contributed by atoms with E-state index in [0.717, 1.165) is 42.9 Å². The maximum atomic E-state index is 14.9. The maximum Gasteiger partial charge on any atom is 0.255 e. The first kappa shape index (κ1) is 23.4. The highest BCUT2D eigenvalue weighted by molar-refractivity contribution is 6.06. The Bertz CT molecular complexity index is 1150. The number of nitrogens with zero attached hydrogens (tertiary/aromatic N) is 2. The summed E-state index contributed by atoms with van der Waals surface area (Å²) in [4.78, 5) is 40.6. The summed E-state index contributed by atoms with van der Waals surface area (Å²) in [5.41, 5.74) is 3.51. The van der Waals surface area contributed by atoms with Gasteiger partial charge in [0.2, 0.25) is 11.8 Å². The van der Waals surface area contributed by atoms with E-state index in [1.807, 2.05) is 12.1 Å². The van der Waals surface area contributed by atoms with Crippen molar-refractivity contribution in [2.75, 3.05) is 31.6 Å². The van der Waals surface area contributed by atoms with Crippen molar-refractivity contribution in [1.82, 2.24) is 15.1 Å². The molecule has 2 fully saturated rings. The van der Waals surface area contributed by atoms with Gasteiger partial charge in [-0.1, -0.05) is 18.2 Å². The standard InChI is InChI=1S/C26H29FN4O4/c27-21-13-17(15-30-9-2-11-35-12-10-30)5-6-18(21)14-28-22-4-1-3-19-20(22)16-31(26(19)34)23-7-8-24(32)29-25(23)33/h1,3-6,13,23,28H,2,7-12,14-16H2,(H,29,32,33). The topological polar surface area (TPSA) is 91.0 Å². The Labute approximate surface area is 203 Å². The van der Waals surface area contributed by atoms with Crippen LogP contribution in [0.4, 0.5) is 10.1 Å². The SMILES string of the molecule is O=C1CCC(N2Cc3c(NCc4ccc(CN5CCCOCC5)cc4F)cccc3C2=O)C(=O)N1. The van der Waals surface area contributed by atoms with Gasteiger partial charge in [-0.2, -0.15) is 0 Å². The van der Waals surface area contributed by atoms with Gasteiger partial charge in [0, 0.05) is 68.1 Å². The average molecular weight is 481 g/mol. The number of hydrogen-bond donors (Lipinski definition) is 2. The van der Waals surface area contributed by atoms with Gasteiger partial charge in [0.1, 0.15) is 11.9 Å². The molecule has 0 radical (unpaired) electrons. The molecule has 184 valence electrons. The molecule has 2 saturated heterocycles. The normalized spacial score (nSPS) is 21.0. The van der Waals surface area contributed by atoms with Gasteiger partial charge in [-0.25, -0.2) is 4.39 Å². The first-order chi connectivity index (χ1) is 17.0. The number of benzene rings is 2. The van der Waals surface area contributed by atoms with E-state index in [2.05, 4.69) is 15.5 Å². The lowest BCUT2D eigenvalue weighted by Gasteiger charge is -2.29. The Morgan fingerprint density at radius 3 is 2.83 bits per heavy atom. The average Bonchev–Trinajstić information content (AvgIpc) is 2.99. The highest BCUT2D eigenvalue weighted by Gasteiger charge is 2.39. The molecule has 2 aromatic rings. The second-order valence-corrected chi connectivity index (χ2v) is 9.25. The molecule has 3 aliphatic rings. The van der Waals surface area contributed by atoms with Crippen LogP contribution in [0.1, 0.15) is 46.3 Å². The summed E-state index contributed by atoms with van der Waals surface area (Å²) in [6, 6.07) is 10.0. The van der Waals surface area contributed by atoms with Crippen molar-refractivity contribution in [2.24, 2.45) is 0 Å². The molecular weight excluding hydrogens is 451 g/mol. The van der Waals surface area contributed by atoms with Crippen LogP contribution in [-0.4, -0.2) is 59.9 Å². The van der Waals surface area contributed by atoms with Crippen LogP contribution in [0.3, 0.4) is 0 Å². The number of piperidine rings is 1. The predicted octanol–water partition coefficient (Wildman–Crippen LogP) is 2.42. The number of halogens is 1. The Morgan fingerprint density at radius 1 is 1.11 bits per heavy atom. The van der Waals surface area contributed by atoms with Gasteiger partial charge >= 0.3 is 0 Å². The van der Waals surface area contributed by atoms with Crippen molar-refractivity contribution in [2.45, 2.75) is 44.9 Å². The zero-order valence-corrected chi connectivity index (χ0v) is 19.5. The number of ether oxygens (including phenoxy) is 1. The first-order valence-corrected chi connectivity index (χ1v) is 12.1. The highest BCUT2D eigenvalue weighted by atomic mass is 19.1. The molecule has 2 aromatic carbocycles. The number of fused-ring (bicyclic) bond motifs is 1. The zero-order valence-electron chi connectivity index (χ0n) is 19.5. The van der Waals surface area contributed by atoms with Crippen molar-refractivity contribution in [3.8, 4) is 0 Å². The summed E-state index contributed by atoms with van der Waals surface area (Å²) >= 11 is 0. The first-order valence-electron chi connectivity index (χ1n) is 12.1. The molecule has 35 heavy (non-hydrogen) atoms. The quantitative estimate of drug-likeness (QED) is 0.618. The van der Waals surface area contributed by atoms with Gasteiger partial charge in [-0.05, 0) is 36.6 Å². The van der Waals surface area contributed by atoms with Crippen molar-refractivity contribution in [3.63, 3.8) is 0 Å². The number of nitrogens with one attached hydrogen (secondary N) is 2. The van der Waals surface area contributed by atoms with E-state index in [4.69, 9.17) is 4.74 Å². The Hall–Kier alpha value is -3.30. The summed E-state index contributed by atoms with van der Waals surface area (Å²) in [7, 11) is 0. The van der Waals surface area contributed by atoms with Crippen LogP contribution >= 0.6 is 0 Å². The number of carbonyl (C=O) groups is 3. The van der Waals surface area contributed by atoms with Gasteiger partial charge in [-0.3, -0.25) is 24.6 Å². The minimum atomic E-state index is -0.666. The summed E-state index contributed by atoms with van der Waals surface area (Å²) in [5, 5.41) is 5.59. The zero-order chi connectivity index (χ0) is 24.4. The van der Waals surface area contributed by atoms with E-state index in [-0.39, 0.29) is 37.1 Å². The van der Waals surface area contributed by atoms with Crippen LogP contribution in [0.5, 0.6) is 0 Å². The van der Waals surface area contributed by atoms with Crippen molar-refractivity contribution >= 4 is 23.4 Å². The fraction of sp³-hybridized carbons (Fsp3) is 0.423. The van der Waals surface area contributed by atoms with Gasteiger partial charge in [0.25, 0.3) is 5.91 Å². The van der Waals surface area contributed by atoms with Crippen molar-refractivity contribution < 1.29 is 23.5 Å². The minimum absolute atomic E-state index is 0.211. The molecule has 1 atom stereocenters. The molecule has 0 aliphatic carbocycles. The number of imide groups is 1. The van der Waals surface area contributed by atoms with E-state index in [0.29, 0.717) is 30.7 Å². The van der Waals surface area contributed by atoms with E-state index < -0.39 is 11.9 Å². The minimum Gasteiger partial charge on any atom is -0.381 e. The molecule has 0 bridgehead atoms.